The molecule has 0 aliphatic carbocycles. The summed E-state index contributed by atoms with van der Waals surface area (Å²) in [5, 5.41) is 10.5. The van der Waals surface area contributed by atoms with Crippen molar-refractivity contribution in [2.75, 3.05) is 5.32 Å². The van der Waals surface area contributed by atoms with Crippen LogP contribution in [0.4, 0.5) is 10.5 Å². The fraction of sp³-hybridized carbons (Fsp3) is 0.333. The maximum absolute atomic E-state index is 11.6. The van der Waals surface area contributed by atoms with Gasteiger partial charge in [0.15, 0.2) is 5.15 Å². The van der Waals surface area contributed by atoms with E-state index in [-0.39, 0.29) is 0 Å². The molecule has 0 fully saturated rings. The second kappa shape index (κ2) is 4.49. The highest BCUT2D eigenvalue weighted by Crippen LogP contribution is 2.23. The fourth-order valence-electron chi connectivity index (χ4n) is 1.49. The van der Waals surface area contributed by atoms with Gasteiger partial charge in [0.05, 0.1) is 5.52 Å². The van der Waals surface area contributed by atoms with Crippen molar-refractivity contribution in [2.45, 2.75) is 26.4 Å². The number of hydrogen-bond acceptors (Lipinski definition) is 3. The SMILES string of the molecule is CC(C)(C)OC(=O)Nc1ccc2c(Cl)n[nH]c2c1. The molecule has 6 heteroatoms. The number of halogens is 1. The van der Waals surface area contributed by atoms with Crippen molar-refractivity contribution in [1.29, 1.82) is 0 Å². The van der Waals surface area contributed by atoms with Gasteiger partial charge in [0.25, 0.3) is 0 Å². The van der Waals surface area contributed by atoms with E-state index in [1.807, 2.05) is 20.8 Å². The van der Waals surface area contributed by atoms with Crippen LogP contribution in [0.3, 0.4) is 0 Å². The Bertz CT molecular complexity index is 587. The zero-order valence-corrected chi connectivity index (χ0v) is 11.1. The molecule has 0 unspecified atom stereocenters. The van der Waals surface area contributed by atoms with E-state index in [9.17, 15) is 4.79 Å². The first kappa shape index (κ1) is 12.7. The quantitative estimate of drug-likeness (QED) is 0.830. The number of hydrogen-bond donors (Lipinski definition) is 2. The summed E-state index contributed by atoms with van der Waals surface area (Å²) >= 11 is 5.86. The zero-order chi connectivity index (χ0) is 13.3. The molecule has 1 aromatic carbocycles. The number of carbonyl (C=O) groups is 1. The third-order valence-corrected chi connectivity index (χ3v) is 2.45. The molecule has 5 nitrogen and oxygen atoms in total. The lowest BCUT2D eigenvalue weighted by molar-refractivity contribution is 0.0636. The fourth-order valence-corrected chi connectivity index (χ4v) is 1.69. The van der Waals surface area contributed by atoms with E-state index < -0.39 is 11.7 Å². The highest BCUT2D eigenvalue weighted by Gasteiger charge is 2.16. The van der Waals surface area contributed by atoms with Gasteiger partial charge < -0.3 is 4.74 Å². The molecule has 0 spiro atoms. The number of H-pyrrole nitrogens is 1. The molecule has 0 saturated heterocycles. The Balaban J connectivity index is 2.15. The molecule has 0 aliphatic heterocycles. The minimum atomic E-state index is -0.522. The van der Waals surface area contributed by atoms with Crippen LogP contribution in [-0.4, -0.2) is 21.9 Å². The Hall–Kier alpha value is -1.75. The first-order chi connectivity index (χ1) is 8.35. The van der Waals surface area contributed by atoms with E-state index in [0.29, 0.717) is 10.8 Å². The third-order valence-electron chi connectivity index (χ3n) is 2.16. The van der Waals surface area contributed by atoms with E-state index in [2.05, 4.69) is 15.5 Å². The summed E-state index contributed by atoms with van der Waals surface area (Å²) in [7, 11) is 0. The lowest BCUT2D eigenvalue weighted by Gasteiger charge is -2.19. The van der Waals surface area contributed by atoms with Gasteiger partial charge in [0.2, 0.25) is 0 Å². The van der Waals surface area contributed by atoms with Gasteiger partial charge in [-0.15, -0.1) is 0 Å². The van der Waals surface area contributed by atoms with Crippen LogP contribution < -0.4 is 5.32 Å². The molecule has 1 aromatic heterocycles. The number of aromatic amines is 1. The van der Waals surface area contributed by atoms with Crippen LogP contribution in [0, 0.1) is 0 Å². The molecular weight excluding hydrogens is 254 g/mol. The Labute approximate surface area is 109 Å². The Morgan fingerprint density at radius 2 is 2.17 bits per heavy atom. The summed E-state index contributed by atoms with van der Waals surface area (Å²) in [6.07, 6.45) is -0.493. The average Bonchev–Trinajstić information content (AvgIpc) is 2.57. The predicted molar refractivity (Wildman–Crippen MR) is 71.0 cm³/mol. The molecule has 0 atom stereocenters. The summed E-state index contributed by atoms with van der Waals surface area (Å²) < 4.78 is 5.16. The van der Waals surface area contributed by atoms with Crippen molar-refractivity contribution in [1.82, 2.24) is 10.2 Å². The average molecular weight is 268 g/mol. The molecular formula is C12H14ClN3O2. The summed E-state index contributed by atoms with van der Waals surface area (Å²) in [5.41, 5.74) is 0.858. The molecule has 2 rings (SSSR count). The van der Waals surface area contributed by atoms with Crippen LogP contribution in [0.1, 0.15) is 20.8 Å². The Kier molecular flexibility index (Phi) is 3.17. The second-order valence-electron chi connectivity index (χ2n) is 4.90. The number of amides is 1. The molecule has 1 amide bonds. The zero-order valence-electron chi connectivity index (χ0n) is 10.4. The topological polar surface area (TPSA) is 67.0 Å². The van der Waals surface area contributed by atoms with E-state index in [1.165, 1.54) is 0 Å². The lowest BCUT2D eigenvalue weighted by atomic mass is 10.2. The molecule has 0 radical (unpaired) electrons. The number of nitrogens with one attached hydrogen (secondary N) is 2. The van der Waals surface area contributed by atoms with Gasteiger partial charge >= 0.3 is 6.09 Å². The van der Waals surface area contributed by atoms with E-state index in [0.717, 1.165) is 10.9 Å². The number of rotatable bonds is 1. The van der Waals surface area contributed by atoms with Crippen LogP contribution in [-0.2, 0) is 4.74 Å². The number of ether oxygens (including phenoxy) is 1. The van der Waals surface area contributed by atoms with Crippen LogP contribution in [0.15, 0.2) is 18.2 Å². The molecule has 0 saturated carbocycles. The highest BCUT2D eigenvalue weighted by molar-refractivity contribution is 6.34. The maximum Gasteiger partial charge on any atom is 0.412 e. The minimum absolute atomic E-state index is 0.411. The number of carbonyl (C=O) groups excluding carboxylic acids is 1. The molecule has 2 aromatic rings. The monoisotopic (exact) mass is 267 g/mol. The van der Waals surface area contributed by atoms with E-state index in [1.54, 1.807) is 18.2 Å². The molecule has 0 bridgehead atoms. The van der Waals surface area contributed by atoms with Gasteiger partial charge in [0, 0.05) is 11.1 Å². The number of fused-ring (bicyclic) bond motifs is 1. The summed E-state index contributed by atoms with van der Waals surface area (Å²) in [5.74, 6) is 0. The summed E-state index contributed by atoms with van der Waals surface area (Å²) in [6, 6.07) is 5.28. The van der Waals surface area contributed by atoms with Crippen molar-refractivity contribution >= 4 is 34.3 Å². The molecule has 18 heavy (non-hydrogen) atoms. The predicted octanol–water partition coefficient (Wildman–Crippen LogP) is 3.56. The number of nitrogens with zero attached hydrogens (tertiary/aromatic N) is 1. The molecule has 1 heterocycles. The largest absolute Gasteiger partial charge is 0.444 e. The minimum Gasteiger partial charge on any atom is -0.444 e. The van der Waals surface area contributed by atoms with Gasteiger partial charge in [-0.2, -0.15) is 5.10 Å². The normalized spacial score (nSPS) is 11.6. The van der Waals surface area contributed by atoms with Crippen LogP contribution in [0.2, 0.25) is 5.15 Å². The standard InChI is InChI=1S/C12H14ClN3O2/c1-12(2,3)18-11(17)14-7-4-5-8-9(6-7)15-16-10(8)13/h4-6H,1-3H3,(H,14,17)(H,15,16). The highest BCUT2D eigenvalue weighted by atomic mass is 35.5. The molecule has 0 aliphatic rings. The van der Waals surface area contributed by atoms with Gasteiger partial charge in [-0.25, -0.2) is 4.79 Å². The molecule has 2 N–H and O–H groups in total. The first-order valence-corrected chi connectivity index (χ1v) is 5.86. The Morgan fingerprint density at radius 1 is 1.44 bits per heavy atom. The summed E-state index contributed by atoms with van der Waals surface area (Å²) in [6.45, 7) is 5.43. The van der Waals surface area contributed by atoms with E-state index >= 15 is 0 Å². The maximum atomic E-state index is 11.6. The second-order valence-corrected chi connectivity index (χ2v) is 5.26. The molecule has 96 valence electrons. The Morgan fingerprint density at radius 3 is 2.83 bits per heavy atom. The van der Waals surface area contributed by atoms with Crippen molar-refractivity contribution in [2.24, 2.45) is 0 Å². The third kappa shape index (κ3) is 2.92. The van der Waals surface area contributed by atoms with Crippen LogP contribution in [0.5, 0.6) is 0 Å². The first-order valence-electron chi connectivity index (χ1n) is 5.49. The van der Waals surface area contributed by atoms with Crippen molar-refractivity contribution in [3.63, 3.8) is 0 Å². The van der Waals surface area contributed by atoms with Crippen molar-refractivity contribution < 1.29 is 9.53 Å². The number of benzene rings is 1. The van der Waals surface area contributed by atoms with Crippen LogP contribution in [0.25, 0.3) is 10.9 Å². The van der Waals surface area contributed by atoms with Crippen molar-refractivity contribution in [3.8, 4) is 0 Å². The summed E-state index contributed by atoms with van der Waals surface area (Å²) in [4.78, 5) is 11.6. The number of aromatic nitrogens is 2. The van der Waals surface area contributed by atoms with Crippen LogP contribution >= 0.6 is 11.6 Å². The van der Waals surface area contributed by atoms with E-state index in [4.69, 9.17) is 16.3 Å². The van der Waals surface area contributed by atoms with Gasteiger partial charge in [0.1, 0.15) is 5.60 Å². The number of anilines is 1. The van der Waals surface area contributed by atoms with Crippen molar-refractivity contribution in [3.05, 3.63) is 23.4 Å². The van der Waals surface area contributed by atoms with Gasteiger partial charge in [-0.05, 0) is 39.0 Å². The van der Waals surface area contributed by atoms with Gasteiger partial charge in [-0.3, -0.25) is 10.4 Å². The van der Waals surface area contributed by atoms with Gasteiger partial charge in [-0.1, -0.05) is 11.6 Å². The lowest BCUT2D eigenvalue weighted by Crippen LogP contribution is -2.27. The smallest absolute Gasteiger partial charge is 0.412 e.